The summed E-state index contributed by atoms with van der Waals surface area (Å²) >= 11 is 0. The lowest BCUT2D eigenvalue weighted by Crippen LogP contribution is -2.09. The fraction of sp³-hybridized carbons (Fsp3) is 0.200. The summed E-state index contributed by atoms with van der Waals surface area (Å²) in [5.74, 6) is -0.421. The van der Waals surface area contributed by atoms with E-state index in [0.717, 1.165) is 22.5 Å². The molecule has 1 aliphatic heterocycles. The van der Waals surface area contributed by atoms with Gasteiger partial charge < -0.3 is 4.84 Å². The van der Waals surface area contributed by atoms with E-state index in [1.54, 1.807) is 24.5 Å². The highest BCUT2D eigenvalue weighted by molar-refractivity contribution is 6.06. The normalized spacial score (nSPS) is 15.8. The van der Waals surface area contributed by atoms with Gasteiger partial charge in [0, 0.05) is 53.5 Å². The molecule has 1 unspecified atom stereocenters. The molecule has 0 aliphatic carbocycles. The maximum atomic E-state index is 14.9. The molecule has 0 fully saturated rings. The van der Waals surface area contributed by atoms with E-state index in [9.17, 15) is 9.18 Å². The van der Waals surface area contributed by atoms with E-state index >= 15 is 0 Å². The number of pyridine rings is 2. The molecular formula is C30H26FN3O2. The minimum absolute atomic E-state index is 0.0374. The SMILES string of the molecule is Cc1ccc(-c2cc(C(=O)C[C@H](C)c3ccccn3)cc(C3=NOC(c4ccccn4)C3)c2)c(F)c1. The first-order valence-electron chi connectivity index (χ1n) is 12.0. The first kappa shape index (κ1) is 23.5. The van der Waals surface area contributed by atoms with Crippen molar-refractivity contribution >= 4 is 11.5 Å². The lowest BCUT2D eigenvalue weighted by atomic mass is 9.91. The molecule has 6 heteroatoms. The molecule has 2 aromatic carbocycles. The van der Waals surface area contributed by atoms with Gasteiger partial charge in [0.25, 0.3) is 0 Å². The third-order valence-corrected chi connectivity index (χ3v) is 6.39. The Kier molecular flexibility index (Phi) is 6.67. The first-order chi connectivity index (χ1) is 17.5. The van der Waals surface area contributed by atoms with Crippen molar-refractivity contribution in [2.24, 2.45) is 5.16 Å². The Hall–Kier alpha value is -4.19. The molecule has 5 nitrogen and oxygen atoms in total. The highest BCUT2D eigenvalue weighted by atomic mass is 19.1. The second-order valence-electron chi connectivity index (χ2n) is 9.16. The molecule has 0 spiro atoms. The van der Waals surface area contributed by atoms with E-state index in [4.69, 9.17) is 4.84 Å². The number of halogens is 1. The zero-order valence-electron chi connectivity index (χ0n) is 20.2. The van der Waals surface area contributed by atoms with Crippen molar-refractivity contribution in [1.29, 1.82) is 0 Å². The zero-order valence-corrected chi connectivity index (χ0v) is 20.2. The van der Waals surface area contributed by atoms with Crippen LogP contribution >= 0.6 is 0 Å². The molecule has 5 rings (SSSR count). The molecular weight excluding hydrogens is 453 g/mol. The second kappa shape index (κ2) is 10.2. The Balaban J connectivity index is 1.49. The molecule has 0 N–H and O–H groups in total. The number of carbonyl (C=O) groups excluding carboxylic acids is 1. The summed E-state index contributed by atoms with van der Waals surface area (Å²) in [6.07, 6.45) is 3.94. The van der Waals surface area contributed by atoms with Crippen molar-refractivity contribution in [2.75, 3.05) is 0 Å². The van der Waals surface area contributed by atoms with Crippen LogP contribution in [0.2, 0.25) is 0 Å². The predicted molar refractivity (Wildman–Crippen MR) is 137 cm³/mol. The van der Waals surface area contributed by atoms with Gasteiger partial charge in [0.15, 0.2) is 11.9 Å². The van der Waals surface area contributed by atoms with Gasteiger partial charge in [-0.3, -0.25) is 14.8 Å². The summed E-state index contributed by atoms with van der Waals surface area (Å²) in [5, 5.41) is 4.31. The number of benzene rings is 2. The standard InChI is InChI=1S/C30H26FN3O2/c1-19-9-10-24(25(31)13-19)21-15-22(28-18-30(36-34-28)27-8-4-6-12-33-27)17-23(16-21)29(35)14-20(2)26-7-3-5-11-32-26/h3-13,15-17,20,30H,14,18H2,1-2H3/t20-,30?/m0/s1. The van der Waals surface area contributed by atoms with E-state index in [0.29, 0.717) is 28.8 Å². The highest BCUT2D eigenvalue weighted by Crippen LogP contribution is 2.32. The van der Waals surface area contributed by atoms with Gasteiger partial charge in [-0.1, -0.05) is 36.3 Å². The number of hydrogen-bond donors (Lipinski definition) is 0. The fourth-order valence-electron chi connectivity index (χ4n) is 4.41. The Labute approximate surface area is 209 Å². The van der Waals surface area contributed by atoms with E-state index in [1.165, 1.54) is 6.07 Å². The number of aromatic nitrogens is 2. The molecule has 4 aromatic rings. The van der Waals surface area contributed by atoms with Crippen molar-refractivity contribution in [3.05, 3.63) is 119 Å². The molecule has 36 heavy (non-hydrogen) atoms. The summed E-state index contributed by atoms with van der Waals surface area (Å²) in [6.45, 7) is 3.83. The molecule has 0 radical (unpaired) electrons. The summed E-state index contributed by atoms with van der Waals surface area (Å²) in [7, 11) is 0. The van der Waals surface area contributed by atoms with E-state index in [-0.39, 0.29) is 30.0 Å². The van der Waals surface area contributed by atoms with Crippen molar-refractivity contribution < 1.29 is 14.0 Å². The van der Waals surface area contributed by atoms with Crippen LogP contribution in [0.3, 0.4) is 0 Å². The van der Waals surface area contributed by atoms with E-state index in [1.807, 2.05) is 68.4 Å². The molecule has 2 aromatic heterocycles. The number of rotatable bonds is 7. The predicted octanol–water partition coefficient (Wildman–Crippen LogP) is 6.83. The topological polar surface area (TPSA) is 64.4 Å². The van der Waals surface area contributed by atoms with Crippen LogP contribution in [0, 0.1) is 12.7 Å². The van der Waals surface area contributed by atoms with Crippen LogP contribution < -0.4 is 0 Å². The number of aryl methyl sites for hydroxylation is 1. The molecule has 1 aliphatic rings. The largest absolute Gasteiger partial charge is 0.385 e. The Morgan fingerprint density at radius 1 is 1.00 bits per heavy atom. The van der Waals surface area contributed by atoms with Crippen molar-refractivity contribution in [3.63, 3.8) is 0 Å². The molecule has 0 saturated heterocycles. The zero-order chi connectivity index (χ0) is 25.1. The third-order valence-electron chi connectivity index (χ3n) is 6.39. The van der Waals surface area contributed by atoms with Gasteiger partial charge in [0.1, 0.15) is 5.82 Å². The maximum absolute atomic E-state index is 14.9. The summed E-state index contributed by atoms with van der Waals surface area (Å²) < 4.78 is 14.9. The Morgan fingerprint density at radius 3 is 2.50 bits per heavy atom. The molecule has 0 saturated carbocycles. The number of hydrogen-bond acceptors (Lipinski definition) is 5. The number of oxime groups is 1. The minimum Gasteiger partial charge on any atom is -0.385 e. The maximum Gasteiger partial charge on any atom is 0.174 e. The van der Waals surface area contributed by atoms with Gasteiger partial charge in [-0.2, -0.15) is 0 Å². The Morgan fingerprint density at radius 2 is 1.78 bits per heavy atom. The molecule has 3 heterocycles. The summed E-state index contributed by atoms with van der Waals surface area (Å²) in [4.78, 5) is 27.8. The van der Waals surface area contributed by atoms with Crippen molar-refractivity contribution in [1.82, 2.24) is 9.97 Å². The van der Waals surface area contributed by atoms with Gasteiger partial charge in [-0.25, -0.2) is 4.39 Å². The van der Waals surface area contributed by atoms with Gasteiger partial charge in [0.2, 0.25) is 0 Å². The van der Waals surface area contributed by atoms with Crippen LogP contribution in [0.4, 0.5) is 4.39 Å². The molecule has 180 valence electrons. The summed E-state index contributed by atoms with van der Waals surface area (Å²) in [5.41, 5.74) is 5.49. The Bertz CT molecular complexity index is 1420. The number of carbonyl (C=O) groups is 1. The first-order valence-corrected chi connectivity index (χ1v) is 12.0. The van der Waals surface area contributed by atoms with Gasteiger partial charge in [-0.05, 0) is 66.6 Å². The number of nitrogens with zero attached hydrogens (tertiary/aromatic N) is 3. The monoisotopic (exact) mass is 479 g/mol. The fourth-order valence-corrected chi connectivity index (χ4v) is 4.41. The molecule has 2 atom stereocenters. The second-order valence-corrected chi connectivity index (χ2v) is 9.16. The van der Waals surface area contributed by atoms with Gasteiger partial charge >= 0.3 is 0 Å². The van der Waals surface area contributed by atoms with Crippen LogP contribution in [0.25, 0.3) is 11.1 Å². The van der Waals surface area contributed by atoms with Crippen molar-refractivity contribution in [3.8, 4) is 11.1 Å². The average molecular weight is 480 g/mol. The molecule has 0 amide bonds. The van der Waals surface area contributed by atoms with E-state index < -0.39 is 0 Å². The number of Topliss-reactive ketones (excluding diaryl/α,β-unsaturated/α-hetero) is 1. The molecule has 0 bridgehead atoms. The lowest BCUT2D eigenvalue weighted by molar-refractivity contribution is 0.0826. The highest BCUT2D eigenvalue weighted by Gasteiger charge is 2.26. The van der Waals surface area contributed by atoms with Crippen LogP contribution in [0.5, 0.6) is 0 Å². The minimum atomic E-state index is -0.330. The van der Waals surface area contributed by atoms with Gasteiger partial charge in [0.05, 0.1) is 11.4 Å². The van der Waals surface area contributed by atoms with Crippen LogP contribution in [0.1, 0.15) is 64.7 Å². The average Bonchev–Trinajstić information content (AvgIpc) is 3.40. The van der Waals surface area contributed by atoms with Crippen molar-refractivity contribution in [2.45, 2.75) is 38.7 Å². The number of ketones is 1. The quantitative estimate of drug-likeness (QED) is 0.272. The third kappa shape index (κ3) is 5.08. The van der Waals surface area contributed by atoms with Gasteiger partial charge in [-0.15, -0.1) is 0 Å². The van der Waals surface area contributed by atoms with E-state index in [2.05, 4.69) is 15.1 Å². The smallest absolute Gasteiger partial charge is 0.174 e. The van der Waals surface area contributed by atoms with Crippen LogP contribution in [-0.4, -0.2) is 21.5 Å². The summed E-state index contributed by atoms with van der Waals surface area (Å²) in [6, 6.07) is 21.9. The lowest BCUT2D eigenvalue weighted by Gasteiger charge is -2.13. The van der Waals surface area contributed by atoms with Crippen LogP contribution in [-0.2, 0) is 4.84 Å². The van der Waals surface area contributed by atoms with Crippen LogP contribution in [0.15, 0.2) is 90.3 Å².